The van der Waals surface area contributed by atoms with Gasteiger partial charge in [-0.25, -0.2) is 0 Å². The Morgan fingerprint density at radius 3 is 2.33 bits per heavy atom. The Kier molecular flexibility index (Phi) is 4.69. The zero-order chi connectivity index (χ0) is 15.6. The van der Waals surface area contributed by atoms with Crippen LogP contribution in [0.1, 0.15) is 35.3 Å². The van der Waals surface area contributed by atoms with Gasteiger partial charge in [0.2, 0.25) is 0 Å². The monoisotopic (exact) mass is 289 g/mol. The maximum absolute atomic E-state index is 12.6. The molecule has 116 valence electrons. The van der Waals surface area contributed by atoms with E-state index in [1.165, 1.54) is 5.56 Å². The lowest BCUT2D eigenvalue weighted by Crippen LogP contribution is -2.58. The third-order valence-electron chi connectivity index (χ3n) is 4.53. The molecule has 0 unspecified atom stereocenters. The van der Waals surface area contributed by atoms with E-state index in [1.54, 1.807) is 0 Å². The molecule has 1 saturated heterocycles. The SMILES string of the molecule is Cc1ccc(C(=O)N2CCN(C(C)(C)CN)CC2)c(C)c1. The second-order valence-electron chi connectivity index (χ2n) is 6.61. The van der Waals surface area contributed by atoms with Gasteiger partial charge in [0.25, 0.3) is 5.91 Å². The van der Waals surface area contributed by atoms with Gasteiger partial charge in [-0.3, -0.25) is 9.69 Å². The van der Waals surface area contributed by atoms with Gasteiger partial charge in [0, 0.05) is 43.8 Å². The lowest BCUT2D eigenvalue weighted by atomic mass is 10.0. The Labute approximate surface area is 127 Å². The van der Waals surface area contributed by atoms with Crippen LogP contribution in [0, 0.1) is 13.8 Å². The quantitative estimate of drug-likeness (QED) is 0.923. The van der Waals surface area contributed by atoms with Crippen LogP contribution in [0.4, 0.5) is 0 Å². The van der Waals surface area contributed by atoms with Crippen LogP contribution in [0.5, 0.6) is 0 Å². The number of piperazine rings is 1. The first-order valence-corrected chi connectivity index (χ1v) is 7.67. The lowest BCUT2D eigenvalue weighted by molar-refractivity contribution is 0.0425. The van der Waals surface area contributed by atoms with Crippen LogP contribution in [-0.2, 0) is 0 Å². The van der Waals surface area contributed by atoms with Crippen LogP contribution >= 0.6 is 0 Å². The van der Waals surface area contributed by atoms with Gasteiger partial charge in [0.15, 0.2) is 0 Å². The van der Waals surface area contributed by atoms with Crippen molar-refractivity contribution in [3.05, 3.63) is 34.9 Å². The average molecular weight is 289 g/mol. The maximum Gasteiger partial charge on any atom is 0.254 e. The van der Waals surface area contributed by atoms with E-state index >= 15 is 0 Å². The van der Waals surface area contributed by atoms with E-state index < -0.39 is 0 Å². The molecule has 1 amide bonds. The summed E-state index contributed by atoms with van der Waals surface area (Å²) in [6.45, 7) is 12.3. The van der Waals surface area contributed by atoms with E-state index in [0.29, 0.717) is 6.54 Å². The minimum absolute atomic E-state index is 0.00884. The molecule has 0 aliphatic carbocycles. The zero-order valence-electron chi connectivity index (χ0n) is 13.6. The van der Waals surface area contributed by atoms with Crippen LogP contribution in [0.25, 0.3) is 0 Å². The fraction of sp³-hybridized carbons (Fsp3) is 0.588. The number of hydrogen-bond donors (Lipinski definition) is 1. The van der Waals surface area contributed by atoms with Crippen LogP contribution < -0.4 is 5.73 Å². The Hall–Kier alpha value is -1.39. The Bertz CT molecular complexity index is 517. The van der Waals surface area contributed by atoms with Gasteiger partial charge < -0.3 is 10.6 Å². The highest BCUT2D eigenvalue weighted by Crippen LogP contribution is 2.18. The van der Waals surface area contributed by atoms with Gasteiger partial charge in [-0.15, -0.1) is 0 Å². The average Bonchev–Trinajstić information content (AvgIpc) is 2.47. The van der Waals surface area contributed by atoms with Crippen molar-refractivity contribution in [2.75, 3.05) is 32.7 Å². The second kappa shape index (κ2) is 6.16. The molecule has 0 atom stereocenters. The molecule has 0 radical (unpaired) electrons. The van der Waals surface area contributed by atoms with Gasteiger partial charge >= 0.3 is 0 Å². The number of aryl methyl sites for hydroxylation is 2. The van der Waals surface area contributed by atoms with Crippen molar-refractivity contribution in [1.29, 1.82) is 0 Å². The molecule has 1 aliphatic rings. The molecule has 2 rings (SSSR count). The summed E-state index contributed by atoms with van der Waals surface area (Å²) in [5.41, 5.74) is 8.92. The number of hydrogen-bond acceptors (Lipinski definition) is 3. The van der Waals surface area contributed by atoms with E-state index in [-0.39, 0.29) is 11.4 Å². The molecule has 0 saturated carbocycles. The fourth-order valence-electron chi connectivity index (χ4n) is 2.87. The number of nitrogens with two attached hydrogens (primary N) is 1. The van der Waals surface area contributed by atoms with E-state index in [2.05, 4.69) is 31.7 Å². The number of benzene rings is 1. The lowest BCUT2D eigenvalue weighted by Gasteiger charge is -2.43. The number of amides is 1. The molecule has 1 heterocycles. The summed E-state index contributed by atoms with van der Waals surface area (Å²) < 4.78 is 0. The summed E-state index contributed by atoms with van der Waals surface area (Å²) in [5, 5.41) is 0. The number of carbonyl (C=O) groups excluding carboxylic acids is 1. The molecular formula is C17H27N3O. The summed E-state index contributed by atoms with van der Waals surface area (Å²) in [5.74, 6) is 0.151. The van der Waals surface area contributed by atoms with E-state index in [9.17, 15) is 4.79 Å². The minimum atomic E-state index is 0.00884. The van der Waals surface area contributed by atoms with Crippen molar-refractivity contribution in [1.82, 2.24) is 9.80 Å². The predicted molar refractivity (Wildman–Crippen MR) is 86.5 cm³/mol. The number of carbonyl (C=O) groups is 1. The van der Waals surface area contributed by atoms with Gasteiger partial charge in [0.05, 0.1) is 0 Å². The Morgan fingerprint density at radius 2 is 1.81 bits per heavy atom. The topological polar surface area (TPSA) is 49.6 Å². The summed E-state index contributed by atoms with van der Waals surface area (Å²) >= 11 is 0. The molecule has 0 spiro atoms. The van der Waals surface area contributed by atoms with Crippen LogP contribution in [0.2, 0.25) is 0 Å². The smallest absolute Gasteiger partial charge is 0.254 e. The van der Waals surface area contributed by atoms with E-state index in [1.807, 2.05) is 24.0 Å². The van der Waals surface area contributed by atoms with Gasteiger partial charge in [-0.2, -0.15) is 0 Å². The summed E-state index contributed by atoms with van der Waals surface area (Å²) in [6, 6.07) is 6.03. The van der Waals surface area contributed by atoms with E-state index in [0.717, 1.165) is 37.3 Å². The third-order valence-corrected chi connectivity index (χ3v) is 4.53. The normalized spacial score (nSPS) is 17.1. The van der Waals surface area contributed by atoms with Gasteiger partial charge in [-0.05, 0) is 39.3 Å². The fourth-order valence-corrected chi connectivity index (χ4v) is 2.87. The molecule has 1 aliphatic heterocycles. The van der Waals surface area contributed by atoms with Crippen LogP contribution in [0.3, 0.4) is 0 Å². The highest BCUT2D eigenvalue weighted by Gasteiger charge is 2.30. The van der Waals surface area contributed by atoms with Crippen molar-refractivity contribution >= 4 is 5.91 Å². The molecule has 4 heteroatoms. The van der Waals surface area contributed by atoms with Crippen LogP contribution in [-0.4, -0.2) is 54.0 Å². The summed E-state index contributed by atoms with van der Waals surface area (Å²) in [6.07, 6.45) is 0. The Balaban J connectivity index is 2.03. The van der Waals surface area contributed by atoms with Gasteiger partial charge in [0.1, 0.15) is 0 Å². The maximum atomic E-state index is 12.6. The second-order valence-corrected chi connectivity index (χ2v) is 6.61. The molecule has 21 heavy (non-hydrogen) atoms. The number of rotatable bonds is 3. The molecule has 2 N–H and O–H groups in total. The predicted octanol–water partition coefficient (Wildman–Crippen LogP) is 1.80. The first-order chi connectivity index (χ1) is 9.85. The Morgan fingerprint density at radius 1 is 1.19 bits per heavy atom. The molecule has 1 fully saturated rings. The molecule has 4 nitrogen and oxygen atoms in total. The first-order valence-electron chi connectivity index (χ1n) is 7.67. The van der Waals surface area contributed by atoms with E-state index in [4.69, 9.17) is 5.73 Å². The first kappa shape index (κ1) is 16.0. The molecule has 1 aromatic rings. The van der Waals surface area contributed by atoms with Crippen molar-refractivity contribution < 1.29 is 4.79 Å². The summed E-state index contributed by atoms with van der Waals surface area (Å²) in [4.78, 5) is 17.0. The van der Waals surface area contributed by atoms with Crippen molar-refractivity contribution in [3.63, 3.8) is 0 Å². The standard InChI is InChI=1S/C17H27N3O/c1-13-5-6-15(14(2)11-13)16(21)19-7-9-20(10-8-19)17(3,4)12-18/h5-6,11H,7-10,12,18H2,1-4H3. The highest BCUT2D eigenvalue weighted by atomic mass is 16.2. The third kappa shape index (κ3) is 3.44. The van der Waals surface area contributed by atoms with Crippen LogP contribution in [0.15, 0.2) is 18.2 Å². The largest absolute Gasteiger partial charge is 0.336 e. The van der Waals surface area contributed by atoms with Crippen molar-refractivity contribution in [3.8, 4) is 0 Å². The molecule has 0 aromatic heterocycles. The van der Waals surface area contributed by atoms with Crippen molar-refractivity contribution in [2.45, 2.75) is 33.2 Å². The summed E-state index contributed by atoms with van der Waals surface area (Å²) in [7, 11) is 0. The zero-order valence-corrected chi connectivity index (χ0v) is 13.6. The molecule has 1 aromatic carbocycles. The van der Waals surface area contributed by atoms with Crippen molar-refractivity contribution in [2.24, 2.45) is 5.73 Å². The minimum Gasteiger partial charge on any atom is -0.336 e. The molecular weight excluding hydrogens is 262 g/mol. The highest BCUT2D eigenvalue weighted by molar-refractivity contribution is 5.95. The molecule has 0 bridgehead atoms. The number of nitrogens with zero attached hydrogens (tertiary/aromatic N) is 2. The van der Waals surface area contributed by atoms with Gasteiger partial charge in [-0.1, -0.05) is 17.7 Å².